The molecule has 0 spiro atoms. The Morgan fingerprint density at radius 2 is 2.06 bits per heavy atom. The van der Waals surface area contributed by atoms with Gasteiger partial charge in [0, 0.05) is 13.1 Å². The molecule has 2 aliphatic rings. The number of hydrogen-bond donors (Lipinski definition) is 1. The van der Waals surface area contributed by atoms with Crippen molar-refractivity contribution in [2.75, 3.05) is 31.1 Å². The number of anilines is 1. The first-order valence-corrected chi connectivity index (χ1v) is 7.16. The first kappa shape index (κ1) is 11.8. The molecule has 0 amide bonds. The van der Waals surface area contributed by atoms with Crippen molar-refractivity contribution in [2.45, 2.75) is 6.42 Å². The maximum absolute atomic E-state index is 5.93. The van der Waals surface area contributed by atoms with Gasteiger partial charge in [-0.15, -0.1) is 0 Å². The fourth-order valence-corrected chi connectivity index (χ4v) is 3.34. The molecule has 3 nitrogen and oxygen atoms in total. The summed E-state index contributed by atoms with van der Waals surface area (Å²) in [4.78, 5) is 6.65. The van der Waals surface area contributed by atoms with E-state index in [4.69, 9.17) is 11.6 Å². The highest BCUT2D eigenvalue weighted by molar-refractivity contribution is 9.10. The summed E-state index contributed by atoms with van der Waals surface area (Å²) in [5.74, 6) is 1.55. The molecule has 2 atom stereocenters. The van der Waals surface area contributed by atoms with Crippen molar-refractivity contribution in [2.24, 2.45) is 11.8 Å². The van der Waals surface area contributed by atoms with Gasteiger partial charge >= 0.3 is 0 Å². The predicted molar refractivity (Wildman–Crippen MR) is 73.6 cm³/mol. The third-order valence-corrected chi connectivity index (χ3v) is 4.77. The Morgan fingerprint density at radius 3 is 2.71 bits per heavy atom. The van der Waals surface area contributed by atoms with Gasteiger partial charge < -0.3 is 10.2 Å². The van der Waals surface area contributed by atoms with E-state index in [9.17, 15) is 0 Å². The summed E-state index contributed by atoms with van der Waals surface area (Å²) >= 11 is 9.37. The molecule has 1 aromatic heterocycles. The van der Waals surface area contributed by atoms with Gasteiger partial charge in [-0.3, -0.25) is 0 Å². The predicted octanol–water partition coefficient (Wildman–Crippen LogP) is 2.54. The molecule has 2 saturated heterocycles. The van der Waals surface area contributed by atoms with Crippen LogP contribution in [0.1, 0.15) is 6.42 Å². The SMILES string of the molecule is Clc1ncc(N2CC3CNCC(C3)C2)cc1Br. The molecular weight excluding hydrogens is 302 g/mol. The number of hydrogen-bond acceptors (Lipinski definition) is 3. The fraction of sp³-hybridized carbons (Fsp3) is 0.583. The molecule has 0 radical (unpaired) electrons. The number of nitrogens with one attached hydrogen (secondary N) is 1. The molecule has 0 aliphatic carbocycles. The smallest absolute Gasteiger partial charge is 0.143 e. The van der Waals surface area contributed by atoms with Gasteiger partial charge in [0.05, 0.1) is 16.4 Å². The molecule has 3 rings (SSSR count). The van der Waals surface area contributed by atoms with E-state index in [2.05, 4.69) is 37.2 Å². The second-order valence-corrected chi connectivity index (χ2v) is 6.21. The normalized spacial score (nSPS) is 28.2. The zero-order chi connectivity index (χ0) is 11.8. The Hall–Kier alpha value is -0.320. The molecule has 5 heteroatoms. The van der Waals surface area contributed by atoms with Crippen LogP contribution in [0.2, 0.25) is 5.15 Å². The highest BCUT2D eigenvalue weighted by Crippen LogP contribution is 2.31. The zero-order valence-electron chi connectivity index (χ0n) is 9.50. The summed E-state index contributed by atoms with van der Waals surface area (Å²) in [6.07, 6.45) is 3.24. The Bertz CT molecular complexity index is 414. The molecule has 17 heavy (non-hydrogen) atoms. The van der Waals surface area contributed by atoms with Gasteiger partial charge in [0.2, 0.25) is 0 Å². The molecule has 0 saturated carbocycles. The van der Waals surface area contributed by atoms with Crippen LogP contribution >= 0.6 is 27.5 Å². The number of aromatic nitrogens is 1. The third kappa shape index (κ3) is 2.44. The summed E-state index contributed by atoms with van der Waals surface area (Å²) in [6.45, 7) is 4.54. The van der Waals surface area contributed by atoms with E-state index in [1.165, 1.54) is 12.1 Å². The van der Waals surface area contributed by atoms with Crippen LogP contribution in [0.5, 0.6) is 0 Å². The number of pyridine rings is 1. The van der Waals surface area contributed by atoms with Crippen LogP contribution in [-0.2, 0) is 0 Å². The minimum atomic E-state index is 0.535. The highest BCUT2D eigenvalue weighted by atomic mass is 79.9. The van der Waals surface area contributed by atoms with Crippen molar-refractivity contribution in [1.29, 1.82) is 0 Å². The van der Waals surface area contributed by atoms with Crippen molar-refractivity contribution in [3.05, 3.63) is 21.9 Å². The fourth-order valence-electron chi connectivity index (χ4n) is 2.90. The lowest BCUT2D eigenvalue weighted by Gasteiger charge is -2.42. The van der Waals surface area contributed by atoms with Crippen LogP contribution < -0.4 is 10.2 Å². The van der Waals surface area contributed by atoms with Crippen LogP contribution in [0, 0.1) is 11.8 Å². The Balaban J connectivity index is 1.81. The molecular formula is C12H15BrClN3. The number of piperidine rings is 2. The van der Waals surface area contributed by atoms with Crippen molar-refractivity contribution >= 4 is 33.2 Å². The van der Waals surface area contributed by atoms with E-state index >= 15 is 0 Å². The van der Waals surface area contributed by atoms with E-state index in [0.29, 0.717) is 5.15 Å². The van der Waals surface area contributed by atoms with Gasteiger partial charge in [-0.25, -0.2) is 4.98 Å². The van der Waals surface area contributed by atoms with Crippen LogP contribution in [0.4, 0.5) is 5.69 Å². The summed E-state index contributed by atoms with van der Waals surface area (Å²) < 4.78 is 0.880. The molecule has 2 aliphatic heterocycles. The first-order valence-electron chi connectivity index (χ1n) is 5.99. The van der Waals surface area contributed by atoms with E-state index in [-0.39, 0.29) is 0 Å². The zero-order valence-corrected chi connectivity index (χ0v) is 11.8. The Labute approximate surface area is 115 Å². The van der Waals surface area contributed by atoms with Crippen LogP contribution in [-0.4, -0.2) is 31.2 Å². The van der Waals surface area contributed by atoms with Gasteiger partial charge in [0.25, 0.3) is 0 Å². The number of nitrogens with zero attached hydrogens (tertiary/aromatic N) is 2. The highest BCUT2D eigenvalue weighted by Gasteiger charge is 2.30. The van der Waals surface area contributed by atoms with Crippen molar-refractivity contribution in [3.8, 4) is 0 Å². The van der Waals surface area contributed by atoms with E-state index in [0.717, 1.165) is 42.5 Å². The molecule has 3 heterocycles. The van der Waals surface area contributed by atoms with Crippen LogP contribution in [0.15, 0.2) is 16.7 Å². The lowest BCUT2D eigenvalue weighted by molar-refractivity contribution is 0.249. The molecule has 2 fully saturated rings. The van der Waals surface area contributed by atoms with Crippen LogP contribution in [0.3, 0.4) is 0 Å². The maximum Gasteiger partial charge on any atom is 0.143 e. The first-order chi connectivity index (χ1) is 8.22. The molecule has 92 valence electrons. The average molecular weight is 317 g/mol. The van der Waals surface area contributed by atoms with Crippen molar-refractivity contribution in [1.82, 2.24) is 10.3 Å². The maximum atomic E-state index is 5.93. The van der Waals surface area contributed by atoms with Gasteiger partial charge in [-0.05, 0) is 53.3 Å². The van der Waals surface area contributed by atoms with E-state index < -0.39 is 0 Å². The Kier molecular flexibility index (Phi) is 3.28. The second-order valence-electron chi connectivity index (χ2n) is 5.00. The second kappa shape index (κ2) is 4.75. The molecule has 1 N–H and O–H groups in total. The van der Waals surface area contributed by atoms with Gasteiger partial charge in [0.15, 0.2) is 0 Å². The molecule has 2 unspecified atom stereocenters. The summed E-state index contributed by atoms with van der Waals surface area (Å²) in [5.41, 5.74) is 1.18. The number of halogens is 2. The number of rotatable bonds is 1. The van der Waals surface area contributed by atoms with Gasteiger partial charge in [-0.2, -0.15) is 0 Å². The summed E-state index contributed by atoms with van der Waals surface area (Å²) in [5, 5.41) is 4.04. The molecule has 0 aromatic carbocycles. The summed E-state index contributed by atoms with van der Waals surface area (Å²) in [6, 6.07) is 2.07. The molecule has 1 aromatic rings. The van der Waals surface area contributed by atoms with Crippen LogP contribution in [0.25, 0.3) is 0 Å². The lowest BCUT2D eigenvalue weighted by Crippen LogP contribution is -2.51. The lowest BCUT2D eigenvalue weighted by atomic mass is 9.86. The quantitative estimate of drug-likeness (QED) is 0.807. The summed E-state index contributed by atoms with van der Waals surface area (Å²) in [7, 11) is 0. The number of fused-ring (bicyclic) bond motifs is 2. The minimum absolute atomic E-state index is 0.535. The average Bonchev–Trinajstić information content (AvgIpc) is 2.32. The third-order valence-electron chi connectivity index (χ3n) is 3.64. The van der Waals surface area contributed by atoms with E-state index in [1.54, 1.807) is 0 Å². The Morgan fingerprint density at radius 1 is 1.35 bits per heavy atom. The monoisotopic (exact) mass is 315 g/mol. The minimum Gasteiger partial charge on any atom is -0.370 e. The largest absolute Gasteiger partial charge is 0.370 e. The van der Waals surface area contributed by atoms with Crippen molar-refractivity contribution < 1.29 is 0 Å². The van der Waals surface area contributed by atoms with Gasteiger partial charge in [0.1, 0.15) is 5.15 Å². The molecule has 2 bridgehead atoms. The van der Waals surface area contributed by atoms with Crippen molar-refractivity contribution in [3.63, 3.8) is 0 Å². The standard InChI is InChI=1S/C12H15BrClN3/c13-11-2-10(5-16-12(11)14)17-6-8-1-9(7-17)4-15-3-8/h2,5,8-9,15H,1,3-4,6-7H2. The van der Waals surface area contributed by atoms with E-state index in [1.807, 2.05) is 6.20 Å². The van der Waals surface area contributed by atoms with Gasteiger partial charge in [-0.1, -0.05) is 11.6 Å². The topological polar surface area (TPSA) is 28.2 Å².